The minimum Gasteiger partial charge on any atom is -0.0654 e. The largest absolute Gasteiger partial charge is 0.0654 e. The van der Waals surface area contributed by atoms with Crippen molar-refractivity contribution in [2.45, 2.75) is 149 Å². The number of hydrogen-bond donors (Lipinski definition) is 0. The van der Waals surface area contributed by atoms with E-state index in [4.69, 9.17) is 0 Å². The molecule has 0 saturated heterocycles. The number of hydrogen-bond acceptors (Lipinski definition) is 0. The van der Waals surface area contributed by atoms with Gasteiger partial charge in [-0.2, -0.15) is 0 Å². The van der Waals surface area contributed by atoms with Crippen molar-refractivity contribution >= 4 is 0 Å². The molecule has 2 aromatic carbocycles. The maximum atomic E-state index is 2.43. The molecule has 0 N–H and O–H groups in total. The Hall–Kier alpha value is -1.56. The van der Waals surface area contributed by atoms with Gasteiger partial charge < -0.3 is 0 Å². The topological polar surface area (TPSA) is 0 Å². The first-order valence-corrected chi connectivity index (χ1v) is 15.8. The van der Waals surface area contributed by atoms with Gasteiger partial charge in [0.15, 0.2) is 0 Å². The number of aryl methyl sites for hydroxylation is 2. The first-order chi connectivity index (χ1) is 17.8. The molecule has 0 aliphatic carbocycles. The van der Waals surface area contributed by atoms with Gasteiger partial charge in [-0.3, -0.25) is 0 Å². The average Bonchev–Trinajstić information content (AvgIpc) is 2.91. The van der Waals surface area contributed by atoms with Crippen molar-refractivity contribution in [1.82, 2.24) is 0 Å². The minimum atomic E-state index is 1.21. The van der Waals surface area contributed by atoms with Gasteiger partial charge in [-0.15, -0.1) is 0 Å². The predicted molar refractivity (Wildman–Crippen MR) is 162 cm³/mol. The molecule has 0 aromatic heterocycles. The lowest BCUT2D eigenvalue weighted by Gasteiger charge is -2.23. The molecule has 2 rings (SSSR count). The lowest BCUT2D eigenvalue weighted by atomic mass is 9.80. The summed E-state index contributed by atoms with van der Waals surface area (Å²) in [5.41, 5.74) is 6.23. The van der Waals surface area contributed by atoms with E-state index >= 15 is 0 Å². The van der Waals surface area contributed by atoms with Crippen molar-refractivity contribution in [3.63, 3.8) is 0 Å². The van der Waals surface area contributed by atoms with Crippen molar-refractivity contribution < 1.29 is 0 Å². The summed E-state index contributed by atoms with van der Waals surface area (Å²) in [6, 6.07) is 18.7. The fraction of sp³-hybridized carbons (Fsp3) is 0.639. The average molecular weight is 490 g/mol. The molecule has 0 aliphatic rings. The summed E-state index contributed by atoms with van der Waals surface area (Å²) < 4.78 is 0. The quantitative estimate of drug-likeness (QED) is 0.144. The highest BCUT2D eigenvalue weighted by Gasteiger charge is 2.20. The van der Waals surface area contributed by atoms with Crippen LogP contribution in [0.25, 0.3) is 0 Å². The molecule has 1 radical (unpaired) electrons. The monoisotopic (exact) mass is 489 g/mol. The van der Waals surface area contributed by atoms with E-state index in [1.165, 1.54) is 140 Å². The first-order valence-electron chi connectivity index (χ1n) is 15.8. The van der Waals surface area contributed by atoms with Crippen molar-refractivity contribution in [2.24, 2.45) is 0 Å². The van der Waals surface area contributed by atoms with Crippen LogP contribution in [0.15, 0.2) is 48.5 Å². The van der Waals surface area contributed by atoms with Crippen LogP contribution in [0.4, 0.5) is 0 Å². The van der Waals surface area contributed by atoms with E-state index < -0.39 is 0 Å². The molecular weight excluding hydrogens is 432 g/mol. The summed E-state index contributed by atoms with van der Waals surface area (Å²) in [7, 11) is 0. The Kier molecular flexibility index (Phi) is 17.5. The second-order valence-corrected chi connectivity index (χ2v) is 11.0. The summed E-state index contributed by atoms with van der Waals surface area (Å²) in [5.74, 6) is 1.62. The third kappa shape index (κ3) is 12.1. The fourth-order valence-electron chi connectivity index (χ4n) is 5.58. The van der Waals surface area contributed by atoms with E-state index in [-0.39, 0.29) is 0 Å². The van der Waals surface area contributed by atoms with Gasteiger partial charge in [-0.25, -0.2) is 0 Å². The van der Waals surface area contributed by atoms with E-state index in [0.29, 0.717) is 0 Å². The fourth-order valence-corrected chi connectivity index (χ4v) is 5.58. The zero-order valence-electron chi connectivity index (χ0n) is 24.3. The molecule has 36 heavy (non-hydrogen) atoms. The molecule has 0 fully saturated rings. The van der Waals surface area contributed by atoms with Crippen molar-refractivity contribution in [3.05, 3.63) is 76.7 Å². The molecule has 0 amide bonds. The van der Waals surface area contributed by atoms with E-state index in [1.807, 2.05) is 0 Å². The van der Waals surface area contributed by atoms with Gasteiger partial charge in [0.25, 0.3) is 0 Å². The molecule has 0 unspecified atom stereocenters. The van der Waals surface area contributed by atoms with Gasteiger partial charge in [0.1, 0.15) is 0 Å². The van der Waals surface area contributed by atoms with Crippen LogP contribution >= 0.6 is 0 Å². The van der Waals surface area contributed by atoms with Crippen LogP contribution in [0.5, 0.6) is 0 Å². The molecule has 0 aliphatic heterocycles. The smallest absolute Gasteiger partial charge is 0.0345 e. The number of rotatable bonds is 22. The third-order valence-corrected chi connectivity index (χ3v) is 7.81. The molecule has 201 valence electrons. The van der Waals surface area contributed by atoms with Gasteiger partial charge in [-0.1, -0.05) is 166 Å². The SMILES string of the molecule is CCCCCCCCc1ccccc1[C](CCCCCCC)c1ccccc1CCCCCCCC. The Morgan fingerprint density at radius 1 is 0.417 bits per heavy atom. The minimum absolute atomic E-state index is 1.21. The maximum Gasteiger partial charge on any atom is 0.0345 e. The van der Waals surface area contributed by atoms with Crippen LogP contribution in [0.3, 0.4) is 0 Å². The standard InChI is InChI=1S/C36H57/c1-4-7-10-13-16-18-25-32-27-21-23-29-34(32)36(31-20-15-12-9-6-3)35-30-24-22-28-33(35)26-19-17-14-11-8-5-2/h21-24,27-30H,4-20,25-26,31H2,1-3H3. The van der Waals surface area contributed by atoms with E-state index in [1.54, 1.807) is 17.0 Å². The third-order valence-electron chi connectivity index (χ3n) is 7.81. The van der Waals surface area contributed by atoms with Crippen LogP contribution in [-0.4, -0.2) is 0 Å². The second kappa shape index (κ2) is 20.5. The molecule has 0 nitrogen and oxygen atoms in total. The first kappa shape index (κ1) is 30.7. The Bertz CT molecular complexity index is 714. The molecule has 0 heterocycles. The van der Waals surface area contributed by atoms with Gasteiger partial charge in [0.2, 0.25) is 0 Å². The van der Waals surface area contributed by atoms with E-state index in [0.717, 1.165) is 0 Å². The molecule has 0 atom stereocenters. The number of benzene rings is 2. The molecule has 0 bridgehead atoms. The summed E-state index contributed by atoms with van der Waals surface area (Å²) in [6.07, 6.45) is 26.8. The molecule has 0 heteroatoms. The zero-order chi connectivity index (χ0) is 25.7. The van der Waals surface area contributed by atoms with Crippen molar-refractivity contribution in [3.8, 4) is 0 Å². The van der Waals surface area contributed by atoms with E-state index in [9.17, 15) is 0 Å². The lowest BCUT2D eigenvalue weighted by molar-refractivity contribution is 0.602. The Balaban J connectivity index is 2.14. The molecule has 0 spiro atoms. The van der Waals surface area contributed by atoms with Crippen LogP contribution in [0.1, 0.15) is 159 Å². The van der Waals surface area contributed by atoms with Gasteiger partial charge in [0, 0.05) is 5.92 Å². The van der Waals surface area contributed by atoms with Gasteiger partial charge >= 0.3 is 0 Å². The number of unbranched alkanes of at least 4 members (excludes halogenated alkanes) is 14. The molecular formula is C36H57. The highest BCUT2D eigenvalue weighted by molar-refractivity contribution is 5.52. The van der Waals surface area contributed by atoms with Crippen LogP contribution < -0.4 is 0 Å². The Morgan fingerprint density at radius 2 is 0.778 bits per heavy atom. The summed E-state index contributed by atoms with van der Waals surface area (Å²) >= 11 is 0. The zero-order valence-corrected chi connectivity index (χ0v) is 24.3. The Morgan fingerprint density at radius 3 is 1.22 bits per heavy atom. The summed E-state index contributed by atoms with van der Waals surface area (Å²) in [5, 5.41) is 0. The van der Waals surface area contributed by atoms with Crippen LogP contribution in [0.2, 0.25) is 0 Å². The maximum absolute atomic E-state index is 2.43. The Labute approximate surface area is 225 Å². The van der Waals surface area contributed by atoms with Crippen molar-refractivity contribution in [2.75, 3.05) is 0 Å². The van der Waals surface area contributed by atoms with Gasteiger partial charge in [-0.05, 0) is 54.4 Å². The lowest BCUT2D eigenvalue weighted by Crippen LogP contribution is -2.09. The van der Waals surface area contributed by atoms with Crippen molar-refractivity contribution in [1.29, 1.82) is 0 Å². The second-order valence-electron chi connectivity index (χ2n) is 11.0. The normalized spacial score (nSPS) is 11.4. The van der Waals surface area contributed by atoms with Gasteiger partial charge in [0.05, 0.1) is 0 Å². The molecule has 0 saturated carbocycles. The van der Waals surface area contributed by atoms with E-state index in [2.05, 4.69) is 69.3 Å². The predicted octanol–water partition coefficient (Wildman–Crippen LogP) is 11.8. The molecule has 2 aromatic rings. The van der Waals surface area contributed by atoms with Crippen LogP contribution in [-0.2, 0) is 12.8 Å². The highest BCUT2D eigenvalue weighted by atomic mass is 14.2. The van der Waals surface area contributed by atoms with Crippen LogP contribution in [0, 0.1) is 5.92 Å². The highest BCUT2D eigenvalue weighted by Crippen LogP contribution is 2.35. The summed E-state index contributed by atoms with van der Waals surface area (Å²) in [6.45, 7) is 6.93. The summed E-state index contributed by atoms with van der Waals surface area (Å²) in [4.78, 5) is 0.